The molecular weight excluding hydrogens is 755 g/mol. The van der Waals surface area contributed by atoms with Crippen molar-refractivity contribution < 1.29 is 39.6 Å². The van der Waals surface area contributed by atoms with Gasteiger partial charge in [0.15, 0.2) is 0 Å². The van der Waals surface area contributed by atoms with E-state index in [0.717, 1.165) is 16.5 Å². The molecule has 4 heterocycles. The minimum absolute atomic E-state index is 0. The number of pyridine rings is 3. The first-order valence-electron chi connectivity index (χ1n) is 20.3. The van der Waals surface area contributed by atoms with Crippen molar-refractivity contribution in [3.05, 3.63) is 149 Å². The van der Waals surface area contributed by atoms with Gasteiger partial charge in [0.25, 0.3) is 0 Å². The van der Waals surface area contributed by atoms with Crippen LogP contribution in [0.2, 0.25) is 0 Å². The number of aromatic nitrogens is 3. The number of furan rings is 1. The molecule has 5 heteroatoms. The second kappa shape index (κ2) is 14.5. The Bertz CT molecular complexity index is 2450. The van der Waals surface area contributed by atoms with Crippen LogP contribution >= 0.6 is 0 Å². The molecule has 0 saturated heterocycles. The Morgan fingerprint density at radius 2 is 1.62 bits per heavy atom. The van der Waals surface area contributed by atoms with Crippen molar-refractivity contribution in [1.29, 1.82) is 0 Å². The molecule has 0 aliphatic rings. The maximum absolute atomic E-state index is 8.75. The van der Waals surface area contributed by atoms with Crippen LogP contribution in [0, 0.1) is 32.7 Å². The normalized spacial score (nSPS) is 15.8. The van der Waals surface area contributed by atoms with Crippen molar-refractivity contribution in [1.82, 2.24) is 15.0 Å². The summed E-state index contributed by atoms with van der Waals surface area (Å²) in [6, 6.07) is 31.8. The van der Waals surface area contributed by atoms with Gasteiger partial charge in [0.05, 0.1) is 5.58 Å². The quantitative estimate of drug-likeness (QED) is 0.163. The van der Waals surface area contributed by atoms with E-state index in [1.807, 2.05) is 42.5 Å². The smallest absolute Gasteiger partial charge is 0.216 e. The standard InChI is InChI=1S/C29H27N2O.C13H12N.Ir/c1-19-8-15-24-23-6-5-7-25(27(23)32-28(24)31-19)26-18-21(16-17-30-26)10-9-20-11-13-22(14-12-20)29(2,3)4;1-10-3-6-12(7-4-10)13-8-5-11(2)9-14-13;/h5-6,8,11-18H,9-10H2,1-4H3;3-6,8-9H,1-2H3;/q2*-1;/i1D3,9D2;1D3,2D3;. The average molecular weight is 805 g/mol. The van der Waals surface area contributed by atoms with Gasteiger partial charge in [-0.15, -0.1) is 53.6 Å². The molecule has 47 heavy (non-hydrogen) atoms. The summed E-state index contributed by atoms with van der Waals surface area (Å²) in [6.45, 7) is -0.260. The van der Waals surface area contributed by atoms with Crippen molar-refractivity contribution in [2.24, 2.45) is 0 Å². The van der Waals surface area contributed by atoms with Gasteiger partial charge in [-0.3, -0.25) is 0 Å². The van der Waals surface area contributed by atoms with Crippen molar-refractivity contribution >= 4 is 22.1 Å². The predicted octanol–water partition coefficient (Wildman–Crippen LogP) is 10.4. The van der Waals surface area contributed by atoms with E-state index in [1.165, 1.54) is 30.5 Å². The van der Waals surface area contributed by atoms with Gasteiger partial charge in [0.1, 0.15) is 0 Å². The monoisotopic (exact) mass is 805 g/mol. The molecule has 0 unspecified atom stereocenters. The van der Waals surface area contributed by atoms with Gasteiger partial charge in [0, 0.05) is 58.7 Å². The Labute approximate surface area is 307 Å². The van der Waals surface area contributed by atoms with E-state index in [4.69, 9.17) is 19.5 Å². The van der Waals surface area contributed by atoms with E-state index in [9.17, 15) is 0 Å². The Balaban J connectivity index is 0.000000259. The van der Waals surface area contributed by atoms with Gasteiger partial charge in [0.2, 0.25) is 5.71 Å². The molecule has 7 aromatic rings. The number of fused-ring (bicyclic) bond motifs is 3. The van der Waals surface area contributed by atoms with E-state index in [1.54, 1.807) is 30.5 Å². The molecule has 0 spiro atoms. The zero-order valence-corrected chi connectivity index (χ0v) is 28.5. The molecule has 0 atom stereocenters. The van der Waals surface area contributed by atoms with E-state index in [-0.39, 0.29) is 54.5 Å². The fourth-order valence-corrected chi connectivity index (χ4v) is 4.96. The number of hydrogen-bond donors (Lipinski definition) is 0. The second-order valence-electron chi connectivity index (χ2n) is 11.9. The molecular formula is C42H39IrN3O-2. The molecule has 7 rings (SSSR count). The van der Waals surface area contributed by atoms with Gasteiger partial charge in [-0.25, -0.2) is 4.98 Å². The minimum Gasteiger partial charge on any atom is -0.486 e. The molecule has 239 valence electrons. The van der Waals surface area contributed by atoms with E-state index in [0.29, 0.717) is 39.0 Å². The van der Waals surface area contributed by atoms with Crippen LogP contribution in [0.1, 0.15) is 69.4 Å². The molecule has 0 aliphatic heterocycles. The minimum atomic E-state index is -2.33. The average Bonchev–Trinajstić information content (AvgIpc) is 3.52. The maximum atomic E-state index is 8.75. The van der Waals surface area contributed by atoms with Gasteiger partial charge in [-0.2, -0.15) is 0 Å². The van der Waals surface area contributed by atoms with Crippen molar-refractivity contribution in [3.63, 3.8) is 0 Å². The van der Waals surface area contributed by atoms with Crippen LogP contribution in [0.15, 0.2) is 108 Å². The topological polar surface area (TPSA) is 51.8 Å². The SMILES string of the molecule is [2H]C([2H])([2H])c1c[c-]c(-c2ccc(C([2H])([2H])[2H])cn2)cc1.[2H]C([2H])([2H])c1ccc2c(n1)oc1c(-c3cc(CC([2H])([2H])c4ccc(C(C)(C)C)cc4)ccn3)[c-]ccc12.[Ir]. The van der Waals surface area contributed by atoms with E-state index in [2.05, 4.69) is 47.9 Å². The number of benzene rings is 3. The molecule has 0 N–H and O–H groups in total. The van der Waals surface area contributed by atoms with Crippen molar-refractivity contribution in [3.8, 4) is 22.5 Å². The summed E-state index contributed by atoms with van der Waals surface area (Å²) in [4.78, 5) is 12.8. The molecule has 0 amide bonds. The molecule has 0 fully saturated rings. The fourth-order valence-electron chi connectivity index (χ4n) is 4.96. The van der Waals surface area contributed by atoms with Crippen LogP contribution in [0.25, 0.3) is 44.6 Å². The summed E-state index contributed by atoms with van der Waals surface area (Å²) in [5.41, 5.74) is 6.07. The van der Waals surface area contributed by atoms with Crippen LogP contribution in [-0.2, 0) is 38.3 Å². The van der Waals surface area contributed by atoms with Crippen LogP contribution in [0.3, 0.4) is 0 Å². The third kappa shape index (κ3) is 8.11. The van der Waals surface area contributed by atoms with E-state index >= 15 is 0 Å². The predicted molar refractivity (Wildman–Crippen MR) is 189 cm³/mol. The Morgan fingerprint density at radius 1 is 0.787 bits per heavy atom. The van der Waals surface area contributed by atoms with Gasteiger partial charge in [-0.1, -0.05) is 86.6 Å². The molecule has 4 aromatic heterocycles. The van der Waals surface area contributed by atoms with Crippen LogP contribution in [-0.4, -0.2) is 15.0 Å². The molecule has 4 nitrogen and oxygen atoms in total. The first kappa shape index (κ1) is 22.2. The molecule has 1 radical (unpaired) electrons. The first-order chi connectivity index (χ1) is 26.5. The molecule has 0 bridgehead atoms. The molecule has 3 aromatic carbocycles. The van der Waals surface area contributed by atoms with E-state index < -0.39 is 26.9 Å². The Morgan fingerprint density at radius 3 is 2.32 bits per heavy atom. The number of hydrogen-bond acceptors (Lipinski definition) is 4. The third-order valence-corrected chi connectivity index (χ3v) is 7.48. The third-order valence-electron chi connectivity index (χ3n) is 7.48. The fraction of sp³-hybridized carbons (Fsp3) is 0.214. The second-order valence-corrected chi connectivity index (χ2v) is 11.9. The largest absolute Gasteiger partial charge is 0.486 e. The summed E-state index contributed by atoms with van der Waals surface area (Å²) >= 11 is 0. The van der Waals surface area contributed by atoms with Gasteiger partial charge in [-0.05, 0) is 78.2 Å². The summed E-state index contributed by atoms with van der Waals surface area (Å²) in [5, 5.41) is 1.50. The van der Waals surface area contributed by atoms with Gasteiger partial charge < -0.3 is 14.4 Å². The van der Waals surface area contributed by atoms with Crippen molar-refractivity contribution in [2.45, 2.75) is 59.5 Å². The summed E-state index contributed by atoms with van der Waals surface area (Å²) in [7, 11) is 0. The van der Waals surface area contributed by atoms with Crippen molar-refractivity contribution in [2.75, 3.05) is 0 Å². The maximum Gasteiger partial charge on any atom is 0.216 e. The van der Waals surface area contributed by atoms with Gasteiger partial charge >= 0.3 is 0 Å². The van der Waals surface area contributed by atoms with Crippen LogP contribution in [0.4, 0.5) is 0 Å². The van der Waals surface area contributed by atoms with Crippen LogP contribution < -0.4 is 0 Å². The zero-order chi connectivity index (χ0) is 41.6. The Hall–Kier alpha value is -4.44. The number of nitrogens with zero attached hydrogens (tertiary/aromatic N) is 3. The summed E-state index contributed by atoms with van der Waals surface area (Å²) in [6.07, 6.45) is 1.56. The summed E-state index contributed by atoms with van der Waals surface area (Å²) in [5.74, 6) is 0. The Kier molecular flexibility index (Phi) is 6.87. The zero-order valence-electron chi connectivity index (χ0n) is 37.1. The first-order valence-corrected chi connectivity index (χ1v) is 14.8. The number of aryl methyl sites for hydroxylation is 5. The molecule has 0 aliphatic carbocycles. The number of rotatable bonds is 5. The summed E-state index contributed by atoms with van der Waals surface area (Å²) < 4.78 is 90.1. The van der Waals surface area contributed by atoms with Crippen LogP contribution in [0.5, 0.6) is 0 Å². The molecule has 0 saturated carbocycles.